The van der Waals surface area contributed by atoms with Gasteiger partial charge >= 0.3 is 0 Å². The van der Waals surface area contributed by atoms with Gasteiger partial charge in [-0.15, -0.1) is 0 Å². The molecule has 1 unspecified atom stereocenters. The standard InChI is InChI=1S/C19H26N6O/c1-15-7-3-6-10-25(15)18-11-17(20-13-21-18)24-12-16(22-14-24)19(26)23-8-4-2-5-9-23/h11-15H,2-10H2,1H3. The van der Waals surface area contributed by atoms with Crippen LogP contribution < -0.4 is 4.90 Å². The third-order valence-electron chi connectivity index (χ3n) is 5.44. The van der Waals surface area contributed by atoms with Gasteiger partial charge < -0.3 is 9.80 Å². The quantitative estimate of drug-likeness (QED) is 0.848. The minimum Gasteiger partial charge on any atom is -0.354 e. The summed E-state index contributed by atoms with van der Waals surface area (Å²) in [5.41, 5.74) is 0.485. The SMILES string of the molecule is CC1CCCCN1c1cc(-n2cnc(C(=O)N3CCCCC3)c2)ncn1. The molecule has 0 radical (unpaired) electrons. The predicted molar refractivity (Wildman–Crippen MR) is 99.6 cm³/mol. The number of hydrogen-bond donors (Lipinski definition) is 0. The van der Waals surface area contributed by atoms with Crippen molar-refractivity contribution in [3.8, 4) is 5.82 Å². The van der Waals surface area contributed by atoms with E-state index in [1.165, 1.54) is 25.7 Å². The van der Waals surface area contributed by atoms with E-state index in [1.54, 1.807) is 18.9 Å². The third kappa shape index (κ3) is 3.43. The maximum absolute atomic E-state index is 12.6. The van der Waals surface area contributed by atoms with E-state index in [2.05, 4.69) is 26.8 Å². The number of amides is 1. The fourth-order valence-corrected chi connectivity index (χ4v) is 3.89. The zero-order chi connectivity index (χ0) is 17.9. The Labute approximate surface area is 154 Å². The Hall–Kier alpha value is -2.44. The number of rotatable bonds is 3. The first-order valence-electron chi connectivity index (χ1n) is 9.65. The molecule has 2 aromatic rings. The van der Waals surface area contributed by atoms with Crippen molar-refractivity contribution in [2.45, 2.75) is 51.5 Å². The number of anilines is 1. The molecule has 1 atom stereocenters. The summed E-state index contributed by atoms with van der Waals surface area (Å²) >= 11 is 0. The maximum atomic E-state index is 12.6. The maximum Gasteiger partial charge on any atom is 0.274 e. The monoisotopic (exact) mass is 354 g/mol. The molecular weight excluding hydrogens is 328 g/mol. The van der Waals surface area contributed by atoms with Crippen molar-refractivity contribution in [3.05, 3.63) is 30.6 Å². The second-order valence-electron chi connectivity index (χ2n) is 7.29. The van der Waals surface area contributed by atoms with Crippen LogP contribution in [0.1, 0.15) is 55.9 Å². The highest BCUT2D eigenvalue weighted by molar-refractivity contribution is 5.92. The van der Waals surface area contributed by atoms with E-state index in [9.17, 15) is 4.79 Å². The minimum absolute atomic E-state index is 0.0161. The van der Waals surface area contributed by atoms with Crippen molar-refractivity contribution < 1.29 is 4.79 Å². The highest BCUT2D eigenvalue weighted by atomic mass is 16.2. The number of likely N-dealkylation sites (tertiary alicyclic amines) is 1. The average molecular weight is 354 g/mol. The first kappa shape index (κ1) is 17.0. The van der Waals surface area contributed by atoms with Crippen LogP contribution >= 0.6 is 0 Å². The van der Waals surface area contributed by atoms with Gasteiger partial charge in [-0.1, -0.05) is 0 Å². The van der Waals surface area contributed by atoms with Crippen molar-refractivity contribution >= 4 is 11.7 Å². The molecule has 7 nitrogen and oxygen atoms in total. The summed E-state index contributed by atoms with van der Waals surface area (Å²) in [6, 6.07) is 2.48. The van der Waals surface area contributed by atoms with Gasteiger partial charge in [-0.05, 0) is 45.4 Å². The smallest absolute Gasteiger partial charge is 0.274 e. The van der Waals surface area contributed by atoms with Gasteiger partial charge in [-0.2, -0.15) is 0 Å². The second-order valence-corrected chi connectivity index (χ2v) is 7.29. The van der Waals surface area contributed by atoms with Gasteiger partial charge in [0, 0.05) is 37.9 Å². The molecule has 0 aromatic carbocycles. The molecule has 26 heavy (non-hydrogen) atoms. The Morgan fingerprint density at radius 1 is 1.00 bits per heavy atom. The highest BCUT2D eigenvalue weighted by Crippen LogP contribution is 2.23. The number of hydrogen-bond acceptors (Lipinski definition) is 5. The molecule has 1 amide bonds. The predicted octanol–water partition coefficient (Wildman–Crippen LogP) is 2.67. The number of nitrogens with zero attached hydrogens (tertiary/aromatic N) is 6. The summed E-state index contributed by atoms with van der Waals surface area (Å²) in [6.45, 7) is 4.93. The van der Waals surface area contributed by atoms with Crippen molar-refractivity contribution in [1.82, 2.24) is 24.4 Å². The number of carbonyl (C=O) groups excluding carboxylic acids is 1. The van der Waals surface area contributed by atoms with Crippen LogP contribution in [0.15, 0.2) is 24.9 Å². The molecule has 2 aromatic heterocycles. The molecule has 2 aliphatic heterocycles. The van der Waals surface area contributed by atoms with E-state index >= 15 is 0 Å². The molecule has 2 saturated heterocycles. The Morgan fingerprint density at radius 2 is 1.77 bits per heavy atom. The Morgan fingerprint density at radius 3 is 2.58 bits per heavy atom. The molecule has 4 heterocycles. The van der Waals surface area contributed by atoms with Gasteiger partial charge in [-0.25, -0.2) is 15.0 Å². The molecule has 0 N–H and O–H groups in total. The van der Waals surface area contributed by atoms with Gasteiger partial charge in [-0.3, -0.25) is 9.36 Å². The van der Waals surface area contributed by atoms with Crippen LogP contribution in [0.5, 0.6) is 0 Å². The van der Waals surface area contributed by atoms with E-state index < -0.39 is 0 Å². The van der Waals surface area contributed by atoms with Crippen LogP contribution in [0, 0.1) is 0 Å². The summed E-state index contributed by atoms with van der Waals surface area (Å²) in [4.78, 5) is 30.0. The molecule has 0 aliphatic carbocycles. The molecule has 4 rings (SSSR count). The van der Waals surface area contributed by atoms with E-state index in [0.29, 0.717) is 11.7 Å². The number of carbonyl (C=O) groups is 1. The summed E-state index contributed by atoms with van der Waals surface area (Å²) in [5.74, 6) is 1.71. The van der Waals surface area contributed by atoms with Crippen LogP contribution in [0.3, 0.4) is 0 Å². The lowest BCUT2D eigenvalue weighted by Gasteiger charge is -2.34. The first-order valence-corrected chi connectivity index (χ1v) is 9.65. The molecule has 0 saturated carbocycles. The van der Waals surface area contributed by atoms with Crippen LogP contribution in [-0.2, 0) is 0 Å². The lowest BCUT2D eigenvalue weighted by molar-refractivity contribution is 0.0719. The zero-order valence-electron chi connectivity index (χ0n) is 15.3. The van der Waals surface area contributed by atoms with Gasteiger partial charge in [0.15, 0.2) is 0 Å². The zero-order valence-corrected chi connectivity index (χ0v) is 15.3. The molecule has 7 heteroatoms. The van der Waals surface area contributed by atoms with Crippen molar-refractivity contribution in [3.63, 3.8) is 0 Å². The van der Waals surface area contributed by atoms with E-state index in [4.69, 9.17) is 0 Å². The lowest BCUT2D eigenvalue weighted by atomic mass is 10.0. The van der Waals surface area contributed by atoms with Crippen LogP contribution in [-0.4, -0.2) is 56.0 Å². The number of aromatic nitrogens is 4. The molecule has 2 fully saturated rings. The Bertz CT molecular complexity index is 767. The van der Waals surface area contributed by atoms with Crippen LogP contribution in [0.25, 0.3) is 5.82 Å². The summed E-state index contributed by atoms with van der Waals surface area (Å²) in [7, 11) is 0. The van der Waals surface area contributed by atoms with Gasteiger partial charge in [0.1, 0.15) is 30.0 Å². The molecule has 0 bridgehead atoms. The summed E-state index contributed by atoms with van der Waals surface area (Å²) in [5, 5.41) is 0. The molecule has 138 valence electrons. The number of piperidine rings is 2. The molecule has 2 aliphatic rings. The topological polar surface area (TPSA) is 67.2 Å². The van der Waals surface area contributed by atoms with Gasteiger partial charge in [0.25, 0.3) is 5.91 Å². The van der Waals surface area contributed by atoms with Crippen LogP contribution in [0.2, 0.25) is 0 Å². The van der Waals surface area contributed by atoms with Crippen molar-refractivity contribution in [1.29, 1.82) is 0 Å². The fraction of sp³-hybridized carbons (Fsp3) is 0.579. The summed E-state index contributed by atoms with van der Waals surface area (Å²) in [6.07, 6.45) is 12.1. The molecular formula is C19H26N6O. The normalized spacial score (nSPS) is 21.0. The van der Waals surface area contributed by atoms with Gasteiger partial charge in [0.05, 0.1) is 0 Å². The summed E-state index contributed by atoms with van der Waals surface area (Å²) < 4.78 is 1.82. The number of imidazole rings is 1. The van der Waals surface area contributed by atoms with Crippen molar-refractivity contribution in [2.24, 2.45) is 0 Å². The van der Waals surface area contributed by atoms with Gasteiger partial charge in [0.2, 0.25) is 0 Å². The Balaban J connectivity index is 1.54. The minimum atomic E-state index is 0.0161. The van der Waals surface area contributed by atoms with E-state index in [1.807, 2.05) is 15.5 Å². The second kappa shape index (κ2) is 7.43. The first-order chi connectivity index (χ1) is 12.7. The average Bonchev–Trinajstić information content (AvgIpc) is 3.19. The Kier molecular flexibility index (Phi) is 4.86. The van der Waals surface area contributed by atoms with Crippen LogP contribution in [0.4, 0.5) is 5.82 Å². The van der Waals surface area contributed by atoms with E-state index in [-0.39, 0.29) is 5.91 Å². The lowest BCUT2D eigenvalue weighted by Crippen LogP contribution is -2.38. The highest BCUT2D eigenvalue weighted by Gasteiger charge is 2.22. The van der Waals surface area contributed by atoms with E-state index in [0.717, 1.165) is 44.1 Å². The third-order valence-corrected chi connectivity index (χ3v) is 5.44. The van der Waals surface area contributed by atoms with Crippen molar-refractivity contribution in [2.75, 3.05) is 24.5 Å². The largest absolute Gasteiger partial charge is 0.354 e. The molecule has 0 spiro atoms. The fourth-order valence-electron chi connectivity index (χ4n) is 3.89.